The van der Waals surface area contributed by atoms with Crippen LogP contribution in [0.25, 0.3) is 11.1 Å². The van der Waals surface area contributed by atoms with Crippen molar-refractivity contribution < 1.29 is 14.3 Å². The van der Waals surface area contributed by atoms with E-state index in [-0.39, 0.29) is 24.5 Å². The third-order valence-electron chi connectivity index (χ3n) is 5.14. The van der Waals surface area contributed by atoms with Gasteiger partial charge in [-0.05, 0) is 50.1 Å². The van der Waals surface area contributed by atoms with Gasteiger partial charge in [-0.2, -0.15) is 0 Å². The largest absolute Gasteiger partial charge is 0.375 e. The van der Waals surface area contributed by atoms with Gasteiger partial charge >= 0.3 is 0 Å². The Balaban J connectivity index is 2.00. The Kier molecular flexibility index (Phi) is 7.68. The molecule has 7 heteroatoms. The number of hydrogen-bond acceptors (Lipinski definition) is 5. The van der Waals surface area contributed by atoms with Gasteiger partial charge < -0.3 is 15.0 Å². The predicted octanol–water partition coefficient (Wildman–Crippen LogP) is 3.94. The third-order valence-corrected chi connectivity index (χ3v) is 5.14. The number of aromatic nitrogens is 2. The van der Waals surface area contributed by atoms with Crippen molar-refractivity contribution in [3.8, 4) is 11.1 Å². The first kappa shape index (κ1) is 23.1. The number of carbonyl (C=O) groups is 2. The zero-order valence-electron chi connectivity index (χ0n) is 18.8. The molecule has 2 aromatic carbocycles. The summed E-state index contributed by atoms with van der Waals surface area (Å²) >= 11 is 0. The second-order valence-corrected chi connectivity index (χ2v) is 7.53. The van der Waals surface area contributed by atoms with E-state index in [0.29, 0.717) is 23.5 Å². The van der Waals surface area contributed by atoms with Gasteiger partial charge in [-0.3, -0.25) is 19.6 Å². The average molecular weight is 433 g/mol. The standard InChI is InChI=1S/C25H28N4O3/c1-5-29(24(30)16-32-4)22-13-20(19-8-6-17(2)7-9-19)12-21(14-22)25(31)28-18(3)23-15-26-10-11-27-23/h6-15,18H,5,16H2,1-4H3,(H,28,31). The molecule has 166 valence electrons. The van der Waals surface area contributed by atoms with Crippen LogP contribution in [0.15, 0.2) is 61.1 Å². The van der Waals surface area contributed by atoms with Crippen LogP contribution in [0.2, 0.25) is 0 Å². The van der Waals surface area contributed by atoms with E-state index in [4.69, 9.17) is 4.74 Å². The van der Waals surface area contributed by atoms with E-state index in [1.54, 1.807) is 29.6 Å². The Morgan fingerprint density at radius 1 is 1.09 bits per heavy atom. The second kappa shape index (κ2) is 10.6. The zero-order valence-corrected chi connectivity index (χ0v) is 18.8. The molecule has 0 saturated heterocycles. The van der Waals surface area contributed by atoms with Crippen LogP contribution in [0, 0.1) is 6.92 Å². The monoisotopic (exact) mass is 432 g/mol. The molecule has 1 N–H and O–H groups in total. The Morgan fingerprint density at radius 2 is 1.84 bits per heavy atom. The minimum Gasteiger partial charge on any atom is -0.375 e. The fourth-order valence-electron chi connectivity index (χ4n) is 3.40. The lowest BCUT2D eigenvalue weighted by Crippen LogP contribution is -2.34. The molecular formula is C25H28N4O3. The van der Waals surface area contributed by atoms with Gasteiger partial charge in [-0.15, -0.1) is 0 Å². The molecule has 1 atom stereocenters. The minimum atomic E-state index is -0.319. The fourth-order valence-corrected chi connectivity index (χ4v) is 3.40. The summed E-state index contributed by atoms with van der Waals surface area (Å²) in [4.78, 5) is 35.7. The van der Waals surface area contributed by atoms with E-state index in [9.17, 15) is 9.59 Å². The molecule has 3 rings (SSSR count). The normalized spacial score (nSPS) is 11.6. The highest BCUT2D eigenvalue weighted by atomic mass is 16.5. The number of likely N-dealkylation sites (N-methyl/N-ethyl adjacent to an activating group) is 1. The van der Waals surface area contributed by atoms with Crippen molar-refractivity contribution in [2.24, 2.45) is 0 Å². The van der Waals surface area contributed by atoms with Crippen LogP contribution in [0.3, 0.4) is 0 Å². The summed E-state index contributed by atoms with van der Waals surface area (Å²) in [6.45, 7) is 6.19. The lowest BCUT2D eigenvalue weighted by atomic mass is 10.00. The number of carbonyl (C=O) groups excluding carboxylic acids is 2. The van der Waals surface area contributed by atoms with E-state index >= 15 is 0 Å². The summed E-state index contributed by atoms with van der Waals surface area (Å²) < 4.78 is 5.03. The van der Waals surface area contributed by atoms with E-state index in [2.05, 4.69) is 15.3 Å². The Hall–Kier alpha value is -3.58. The number of nitrogens with zero attached hydrogens (tertiary/aromatic N) is 3. The summed E-state index contributed by atoms with van der Waals surface area (Å²) in [5, 5.41) is 2.97. The fraction of sp³-hybridized carbons (Fsp3) is 0.280. The van der Waals surface area contributed by atoms with Crippen molar-refractivity contribution in [3.05, 3.63) is 77.9 Å². The topological polar surface area (TPSA) is 84.4 Å². The number of ether oxygens (including phenoxy) is 1. The minimum absolute atomic E-state index is 0.0339. The number of benzene rings is 2. The summed E-state index contributed by atoms with van der Waals surface area (Å²) in [5.41, 5.74) is 4.72. The zero-order chi connectivity index (χ0) is 23.1. The second-order valence-electron chi connectivity index (χ2n) is 7.53. The van der Waals surface area contributed by atoms with Crippen LogP contribution in [-0.2, 0) is 9.53 Å². The number of anilines is 1. The van der Waals surface area contributed by atoms with Gasteiger partial charge in [0.1, 0.15) is 6.61 Å². The quantitative estimate of drug-likeness (QED) is 0.583. The highest BCUT2D eigenvalue weighted by Crippen LogP contribution is 2.28. The lowest BCUT2D eigenvalue weighted by molar-refractivity contribution is -0.122. The highest BCUT2D eigenvalue weighted by Gasteiger charge is 2.19. The van der Waals surface area contributed by atoms with E-state index < -0.39 is 0 Å². The van der Waals surface area contributed by atoms with Gasteiger partial charge in [0.2, 0.25) is 0 Å². The van der Waals surface area contributed by atoms with Crippen molar-refractivity contribution in [1.82, 2.24) is 15.3 Å². The number of amides is 2. The van der Waals surface area contributed by atoms with Crippen molar-refractivity contribution >= 4 is 17.5 Å². The SMILES string of the molecule is CCN(C(=O)COC)c1cc(C(=O)NC(C)c2cnccn2)cc(-c2ccc(C)cc2)c1. The molecule has 0 radical (unpaired) electrons. The van der Waals surface area contributed by atoms with Gasteiger partial charge in [0.25, 0.3) is 11.8 Å². The van der Waals surface area contributed by atoms with Crippen LogP contribution in [0.1, 0.15) is 41.5 Å². The molecule has 0 spiro atoms. The van der Waals surface area contributed by atoms with Crippen molar-refractivity contribution in [3.63, 3.8) is 0 Å². The summed E-state index contributed by atoms with van der Waals surface area (Å²) in [7, 11) is 1.49. The maximum Gasteiger partial charge on any atom is 0.252 e. The molecule has 32 heavy (non-hydrogen) atoms. The van der Waals surface area contributed by atoms with Gasteiger partial charge in [0, 0.05) is 37.3 Å². The van der Waals surface area contributed by atoms with Crippen molar-refractivity contribution in [2.45, 2.75) is 26.8 Å². The first-order valence-corrected chi connectivity index (χ1v) is 10.5. The molecular weight excluding hydrogens is 404 g/mol. The van der Waals surface area contributed by atoms with Gasteiger partial charge in [0.05, 0.1) is 17.9 Å². The van der Waals surface area contributed by atoms with E-state index in [1.165, 1.54) is 7.11 Å². The summed E-state index contributed by atoms with van der Waals surface area (Å²) in [6.07, 6.45) is 4.81. The number of methoxy groups -OCH3 is 1. The Bertz CT molecular complexity index is 1070. The molecule has 1 aromatic heterocycles. The molecule has 0 aliphatic rings. The third kappa shape index (κ3) is 5.56. The smallest absolute Gasteiger partial charge is 0.252 e. The van der Waals surface area contributed by atoms with Crippen LogP contribution in [-0.4, -0.2) is 42.0 Å². The number of aryl methyl sites for hydroxylation is 1. The van der Waals surface area contributed by atoms with Crippen molar-refractivity contribution in [1.29, 1.82) is 0 Å². The molecule has 0 aliphatic heterocycles. The van der Waals surface area contributed by atoms with E-state index in [1.807, 2.05) is 57.2 Å². The number of nitrogens with one attached hydrogen (secondary N) is 1. The van der Waals surface area contributed by atoms with Gasteiger partial charge in [-0.1, -0.05) is 29.8 Å². The Labute approximate surface area is 188 Å². The predicted molar refractivity (Wildman–Crippen MR) is 124 cm³/mol. The van der Waals surface area contributed by atoms with Crippen LogP contribution < -0.4 is 10.2 Å². The molecule has 3 aromatic rings. The van der Waals surface area contributed by atoms with Crippen molar-refractivity contribution in [2.75, 3.05) is 25.2 Å². The summed E-state index contributed by atoms with van der Waals surface area (Å²) in [6, 6.07) is 13.2. The van der Waals surface area contributed by atoms with E-state index in [0.717, 1.165) is 16.7 Å². The van der Waals surface area contributed by atoms with Crippen LogP contribution >= 0.6 is 0 Å². The van der Waals surface area contributed by atoms with Gasteiger partial charge in [0.15, 0.2) is 0 Å². The molecule has 1 unspecified atom stereocenters. The Morgan fingerprint density at radius 3 is 2.47 bits per heavy atom. The van der Waals surface area contributed by atoms with Crippen LogP contribution in [0.5, 0.6) is 0 Å². The molecule has 0 fully saturated rings. The lowest BCUT2D eigenvalue weighted by Gasteiger charge is -2.23. The maximum absolute atomic E-state index is 13.1. The molecule has 1 heterocycles. The van der Waals surface area contributed by atoms with Gasteiger partial charge in [-0.25, -0.2) is 0 Å². The summed E-state index contributed by atoms with van der Waals surface area (Å²) in [5.74, 6) is -0.427. The highest BCUT2D eigenvalue weighted by molar-refractivity contribution is 6.00. The first-order valence-electron chi connectivity index (χ1n) is 10.5. The van der Waals surface area contributed by atoms with Crippen LogP contribution in [0.4, 0.5) is 5.69 Å². The number of rotatable bonds is 8. The molecule has 7 nitrogen and oxygen atoms in total. The maximum atomic E-state index is 13.1. The number of hydrogen-bond donors (Lipinski definition) is 1. The first-order chi connectivity index (χ1) is 15.4. The molecule has 0 aliphatic carbocycles. The molecule has 0 saturated carbocycles. The average Bonchev–Trinajstić information content (AvgIpc) is 2.80. The molecule has 2 amide bonds. The molecule has 0 bridgehead atoms.